The number of benzene rings is 2. The van der Waals surface area contributed by atoms with Gasteiger partial charge in [0.05, 0.1) is 0 Å². The lowest BCUT2D eigenvalue weighted by Crippen LogP contribution is -2.35. The van der Waals surface area contributed by atoms with E-state index in [1.165, 1.54) is 45.0 Å². The van der Waals surface area contributed by atoms with Crippen molar-refractivity contribution in [2.24, 2.45) is 0 Å². The van der Waals surface area contributed by atoms with Crippen molar-refractivity contribution in [1.29, 1.82) is 0 Å². The zero-order valence-corrected chi connectivity index (χ0v) is 15.7. The molecule has 7 nitrogen and oxygen atoms in total. The van der Waals surface area contributed by atoms with Crippen LogP contribution in [-0.2, 0) is 19.1 Å². The van der Waals surface area contributed by atoms with Gasteiger partial charge in [0.2, 0.25) is 5.91 Å². The first-order chi connectivity index (χ1) is 13.2. The van der Waals surface area contributed by atoms with E-state index >= 15 is 0 Å². The summed E-state index contributed by atoms with van der Waals surface area (Å²) in [6, 6.07) is 11.7. The highest BCUT2D eigenvalue weighted by atomic mass is 19.1. The van der Waals surface area contributed by atoms with Gasteiger partial charge in [-0.15, -0.1) is 0 Å². The van der Waals surface area contributed by atoms with Crippen molar-refractivity contribution in [2.45, 2.75) is 33.0 Å². The van der Waals surface area contributed by atoms with Crippen molar-refractivity contribution in [3.8, 4) is 5.75 Å². The second-order valence-electron chi connectivity index (χ2n) is 6.04. The summed E-state index contributed by atoms with van der Waals surface area (Å²) >= 11 is 0. The highest BCUT2D eigenvalue weighted by molar-refractivity contribution is 5.95. The molecule has 2 rings (SSSR count). The van der Waals surface area contributed by atoms with Crippen LogP contribution < -0.4 is 15.4 Å². The van der Waals surface area contributed by atoms with Gasteiger partial charge in [-0.3, -0.25) is 9.59 Å². The number of halogens is 1. The number of carbonyl (C=O) groups is 3. The molecule has 0 saturated carbocycles. The number of anilines is 2. The zero-order chi connectivity index (χ0) is 20.7. The van der Waals surface area contributed by atoms with Crippen LogP contribution in [0.5, 0.6) is 5.75 Å². The van der Waals surface area contributed by atoms with Crippen LogP contribution in [0.25, 0.3) is 0 Å². The van der Waals surface area contributed by atoms with E-state index in [4.69, 9.17) is 9.47 Å². The Morgan fingerprint density at radius 2 is 1.39 bits per heavy atom. The molecule has 0 aliphatic carbocycles. The van der Waals surface area contributed by atoms with E-state index in [2.05, 4.69) is 10.6 Å². The van der Waals surface area contributed by atoms with Crippen molar-refractivity contribution >= 4 is 29.2 Å². The summed E-state index contributed by atoms with van der Waals surface area (Å²) in [4.78, 5) is 35.3. The lowest BCUT2D eigenvalue weighted by atomic mass is 10.2. The maximum absolute atomic E-state index is 12.9. The molecular formula is C20H21FN2O5. The third-order valence-corrected chi connectivity index (χ3v) is 3.59. The lowest BCUT2D eigenvalue weighted by Gasteiger charge is -2.18. The maximum atomic E-state index is 12.9. The molecule has 0 spiro atoms. The number of carbonyl (C=O) groups excluding carboxylic acids is 3. The van der Waals surface area contributed by atoms with Crippen LogP contribution in [-0.4, -0.2) is 30.0 Å². The smallest absolute Gasteiger partial charge is 0.347 e. The molecule has 2 atom stereocenters. The Morgan fingerprint density at radius 1 is 0.857 bits per heavy atom. The summed E-state index contributed by atoms with van der Waals surface area (Å²) in [5, 5.41) is 5.23. The minimum absolute atomic E-state index is 0.200. The molecule has 2 N–H and O–H groups in total. The molecule has 0 aliphatic rings. The third kappa shape index (κ3) is 6.39. The molecule has 0 unspecified atom stereocenters. The second-order valence-corrected chi connectivity index (χ2v) is 6.04. The molecule has 2 aromatic carbocycles. The molecule has 0 bridgehead atoms. The summed E-state index contributed by atoms with van der Waals surface area (Å²) in [5.41, 5.74) is 1.08. The van der Waals surface area contributed by atoms with Gasteiger partial charge < -0.3 is 20.1 Å². The van der Waals surface area contributed by atoms with Crippen LogP contribution in [0.3, 0.4) is 0 Å². The zero-order valence-electron chi connectivity index (χ0n) is 15.7. The van der Waals surface area contributed by atoms with E-state index in [1.54, 1.807) is 24.3 Å². The van der Waals surface area contributed by atoms with Gasteiger partial charge in [-0.1, -0.05) is 0 Å². The summed E-state index contributed by atoms with van der Waals surface area (Å²) in [7, 11) is 0. The van der Waals surface area contributed by atoms with Gasteiger partial charge >= 0.3 is 5.97 Å². The highest BCUT2D eigenvalue weighted by Crippen LogP contribution is 2.15. The Bertz CT molecular complexity index is 837. The first kappa shape index (κ1) is 20.9. The predicted molar refractivity (Wildman–Crippen MR) is 101 cm³/mol. The SMILES string of the molecule is CC(=O)Nc1ccc(NC(=O)[C@H](C)OC(=O)[C@H](C)Oc2ccc(F)cc2)cc1. The fraction of sp³-hybridized carbons (Fsp3) is 0.250. The topological polar surface area (TPSA) is 93.7 Å². The number of hydrogen-bond acceptors (Lipinski definition) is 5. The Morgan fingerprint density at radius 3 is 1.93 bits per heavy atom. The number of ether oxygens (including phenoxy) is 2. The average Bonchev–Trinajstić information content (AvgIpc) is 2.64. The van der Waals surface area contributed by atoms with Crippen LogP contribution in [0, 0.1) is 5.82 Å². The van der Waals surface area contributed by atoms with Crippen LogP contribution in [0.4, 0.5) is 15.8 Å². The highest BCUT2D eigenvalue weighted by Gasteiger charge is 2.23. The van der Waals surface area contributed by atoms with Crippen LogP contribution >= 0.6 is 0 Å². The van der Waals surface area contributed by atoms with Crippen LogP contribution in [0.1, 0.15) is 20.8 Å². The van der Waals surface area contributed by atoms with Crippen molar-refractivity contribution in [3.63, 3.8) is 0 Å². The molecule has 2 amide bonds. The summed E-state index contributed by atoms with van der Waals surface area (Å²) in [6.07, 6.45) is -2.03. The molecule has 0 radical (unpaired) electrons. The molecule has 0 fully saturated rings. The van der Waals surface area contributed by atoms with Crippen molar-refractivity contribution in [2.75, 3.05) is 10.6 Å². The number of amides is 2. The largest absolute Gasteiger partial charge is 0.479 e. The predicted octanol–water partition coefficient (Wildman–Crippen LogP) is 3.12. The van der Waals surface area contributed by atoms with E-state index < -0.39 is 29.9 Å². The molecule has 8 heteroatoms. The average molecular weight is 388 g/mol. The molecule has 148 valence electrons. The minimum Gasteiger partial charge on any atom is -0.479 e. The van der Waals surface area contributed by atoms with Crippen molar-refractivity contribution < 1.29 is 28.2 Å². The Balaban J connectivity index is 1.85. The van der Waals surface area contributed by atoms with Crippen molar-refractivity contribution in [1.82, 2.24) is 0 Å². The van der Waals surface area contributed by atoms with Crippen LogP contribution in [0.2, 0.25) is 0 Å². The van der Waals surface area contributed by atoms with Gasteiger partial charge in [-0.2, -0.15) is 0 Å². The monoisotopic (exact) mass is 388 g/mol. The number of hydrogen-bond donors (Lipinski definition) is 2. The molecule has 0 heterocycles. The Labute approximate surface area is 161 Å². The summed E-state index contributed by atoms with van der Waals surface area (Å²) < 4.78 is 23.4. The van der Waals surface area contributed by atoms with Gasteiger partial charge in [-0.05, 0) is 62.4 Å². The first-order valence-electron chi connectivity index (χ1n) is 8.56. The number of rotatable bonds is 7. The van der Waals surface area contributed by atoms with E-state index in [-0.39, 0.29) is 5.91 Å². The quantitative estimate of drug-likeness (QED) is 0.711. The molecule has 0 aromatic heterocycles. The Hall–Kier alpha value is -3.42. The van der Waals surface area contributed by atoms with Gasteiger partial charge in [0.1, 0.15) is 11.6 Å². The lowest BCUT2D eigenvalue weighted by molar-refractivity contribution is -0.159. The van der Waals surface area contributed by atoms with E-state index in [1.807, 2.05) is 0 Å². The summed E-state index contributed by atoms with van der Waals surface area (Å²) in [6.45, 7) is 4.30. The molecule has 28 heavy (non-hydrogen) atoms. The van der Waals surface area contributed by atoms with Crippen LogP contribution in [0.15, 0.2) is 48.5 Å². The van der Waals surface area contributed by atoms with Crippen molar-refractivity contribution in [3.05, 3.63) is 54.3 Å². The van der Waals surface area contributed by atoms with Gasteiger partial charge in [-0.25, -0.2) is 9.18 Å². The van der Waals surface area contributed by atoms with E-state index in [0.29, 0.717) is 17.1 Å². The van der Waals surface area contributed by atoms with Gasteiger partial charge in [0.15, 0.2) is 12.2 Å². The third-order valence-electron chi connectivity index (χ3n) is 3.59. The maximum Gasteiger partial charge on any atom is 0.347 e. The number of nitrogens with one attached hydrogen (secondary N) is 2. The van der Waals surface area contributed by atoms with Gasteiger partial charge in [0.25, 0.3) is 5.91 Å². The fourth-order valence-corrected chi connectivity index (χ4v) is 2.17. The number of esters is 1. The van der Waals surface area contributed by atoms with E-state index in [9.17, 15) is 18.8 Å². The van der Waals surface area contributed by atoms with Gasteiger partial charge in [0, 0.05) is 18.3 Å². The first-order valence-corrected chi connectivity index (χ1v) is 8.56. The normalized spacial score (nSPS) is 12.4. The van der Waals surface area contributed by atoms with E-state index in [0.717, 1.165) is 0 Å². The molecule has 0 aliphatic heterocycles. The molecule has 2 aromatic rings. The second kappa shape index (κ2) is 9.50. The fourth-order valence-electron chi connectivity index (χ4n) is 2.17. The minimum atomic E-state index is -1.05. The Kier molecular flexibility index (Phi) is 7.08. The standard InChI is InChI=1S/C20H21FN2O5/c1-12(19(25)23-17-8-6-16(7-9-17)22-14(3)24)28-20(26)13(2)27-18-10-4-15(21)5-11-18/h4-13H,1-3H3,(H,22,24)(H,23,25)/t12-,13-/m0/s1. The molecular weight excluding hydrogens is 367 g/mol. The molecule has 0 saturated heterocycles. The summed E-state index contributed by atoms with van der Waals surface area (Å²) in [5.74, 6) is -1.56.